The van der Waals surface area contributed by atoms with Crippen LogP contribution in [0.2, 0.25) is 0 Å². The molecule has 1 fully saturated rings. The molecule has 0 radical (unpaired) electrons. The van der Waals surface area contributed by atoms with E-state index in [1.807, 2.05) is 0 Å². The summed E-state index contributed by atoms with van der Waals surface area (Å²) in [5.41, 5.74) is 6.76. The first-order chi connectivity index (χ1) is 8.06. The van der Waals surface area contributed by atoms with Gasteiger partial charge < -0.3 is 16.2 Å². The molecule has 1 aliphatic rings. The molecule has 1 saturated carbocycles. The van der Waals surface area contributed by atoms with Gasteiger partial charge in [-0.15, -0.1) is 0 Å². The van der Waals surface area contributed by atoms with E-state index < -0.39 is 5.54 Å². The molecule has 0 unspecified atom stereocenters. The third-order valence-electron chi connectivity index (χ3n) is 3.34. The van der Waals surface area contributed by atoms with E-state index in [2.05, 4.69) is 10.3 Å². The fourth-order valence-electron chi connectivity index (χ4n) is 2.01. The Labute approximate surface area is 100 Å². The lowest BCUT2D eigenvalue weighted by molar-refractivity contribution is 0.0641. The first-order valence-corrected chi connectivity index (χ1v) is 5.72. The standard InChI is InChI=1S/C12H17N3O2/c1-8-10(5-9(13)6-14-8)11(17)15-12(7-16)3-2-4-12/h5-6,16H,2-4,7,13H2,1H3,(H,15,17). The maximum atomic E-state index is 12.1. The summed E-state index contributed by atoms with van der Waals surface area (Å²) in [5.74, 6) is -0.212. The number of carbonyl (C=O) groups is 1. The topological polar surface area (TPSA) is 88.2 Å². The number of nitrogens with zero attached hydrogens (tertiary/aromatic N) is 1. The molecule has 1 aromatic rings. The molecule has 5 nitrogen and oxygen atoms in total. The molecule has 0 atom stereocenters. The molecule has 1 heterocycles. The van der Waals surface area contributed by atoms with E-state index in [1.54, 1.807) is 13.0 Å². The summed E-state index contributed by atoms with van der Waals surface area (Å²) in [6.45, 7) is 1.74. The number of hydrogen-bond acceptors (Lipinski definition) is 4. The second-order valence-corrected chi connectivity index (χ2v) is 4.65. The molecule has 92 valence electrons. The van der Waals surface area contributed by atoms with Crippen LogP contribution in [0.4, 0.5) is 5.69 Å². The zero-order valence-electron chi connectivity index (χ0n) is 9.86. The van der Waals surface area contributed by atoms with Crippen molar-refractivity contribution in [2.75, 3.05) is 12.3 Å². The van der Waals surface area contributed by atoms with Gasteiger partial charge in [0.25, 0.3) is 5.91 Å². The first-order valence-electron chi connectivity index (χ1n) is 5.72. The fourth-order valence-corrected chi connectivity index (χ4v) is 2.01. The van der Waals surface area contributed by atoms with Crippen LogP contribution in [0.15, 0.2) is 12.3 Å². The second-order valence-electron chi connectivity index (χ2n) is 4.65. The Bertz CT molecular complexity index is 436. The second kappa shape index (κ2) is 4.33. The summed E-state index contributed by atoms with van der Waals surface area (Å²) in [6, 6.07) is 1.61. The summed E-state index contributed by atoms with van der Waals surface area (Å²) in [7, 11) is 0. The molecule has 0 saturated heterocycles. The number of pyridine rings is 1. The Morgan fingerprint density at radius 1 is 1.65 bits per heavy atom. The molecular formula is C12H17N3O2. The Hall–Kier alpha value is -1.62. The van der Waals surface area contributed by atoms with E-state index in [4.69, 9.17) is 5.73 Å². The highest BCUT2D eigenvalue weighted by atomic mass is 16.3. The number of carbonyl (C=O) groups excluding carboxylic acids is 1. The van der Waals surface area contributed by atoms with Crippen molar-refractivity contribution in [2.45, 2.75) is 31.7 Å². The van der Waals surface area contributed by atoms with Gasteiger partial charge in [-0.25, -0.2) is 0 Å². The lowest BCUT2D eigenvalue weighted by Crippen LogP contribution is -2.56. The van der Waals surface area contributed by atoms with Crippen molar-refractivity contribution in [1.29, 1.82) is 0 Å². The quantitative estimate of drug-likeness (QED) is 0.716. The zero-order chi connectivity index (χ0) is 12.5. The van der Waals surface area contributed by atoms with Crippen LogP contribution in [0, 0.1) is 6.92 Å². The van der Waals surface area contributed by atoms with Crippen molar-refractivity contribution in [2.24, 2.45) is 0 Å². The number of rotatable bonds is 3. The van der Waals surface area contributed by atoms with Crippen LogP contribution in [0.5, 0.6) is 0 Å². The number of hydrogen-bond donors (Lipinski definition) is 3. The van der Waals surface area contributed by atoms with Crippen LogP contribution in [0.25, 0.3) is 0 Å². The molecule has 1 aliphatic carbocycles. The van der Waals surface area contributed by atoms with Crippen LogP contribution in [-0.2, 0) is 0 Å². The number of nitrogens with one attached hydrogen (secondary N) is 1. The van der Waals surface area contributed by atoms with E-state index in [-0.39, 0.29) is 12.5 Å². The molecule has 5 heteroatoms. The molecule has 17 heavy (non-hydrogen) atoms. The van der Waals surface area contributed by atoms with Crippen LogP contribution in [-0.4, -0.2) is 28.1 Å². The predicted octanol–water partition coefficient (Wildman–Crippen LogP) is 0.617. The number of amides is 1. The Morgan fingerprint density at radius 2 is 2.35 bits per heavy atom. The summed E-state index contributed by atoms with van der Waals surface area (Å²) < 4.78 is 0. The highest BCUT2D eigenvalue weighted by Gasteiger charge is 2.38. The number of nitrogens with two attached hydrogens (primary N) is 1. The van der Waals surface area contributed by atoms with Crippen LogP contribution in [0.3, 0.4) is 0 Å². The Morgan fingerprint density at radius 3 is 2.88 bits per heavy atom. The highest BCUT2D eigenvalue weighted by molar-refractivity contribution is 5.96. The molecule has 4 N–H and O–H groups in total. The average Bonchev–Trinajstić information content (AvgIpc) is 2.26. The largest absolute Gasteiger partial charge is 0.397 e. The smallest absolute Gasteiger partial charge is 0.253 e. The summed E-state index contributed by atoms with van der Waals surface area (Å²) in [5, 5.41) is 12.2. The number of anilines is 1. The molecular weight excluding hydrogens is 218 g/mol. The predicted molar refractivity (Wildman–Crippen MR) is 64.5 cm³/mol. The number of aliphatic hydroxyl groups excluding tert-OH is 1. The van der Waals surface area contributed by atoms with E-state index >= 15 is 0 Å². The minimum atomic E-state index is -0.436. The fraction of sp³-hybridized carbons (Fsp3) is 0.500. The molecule has 0 bridgehead atoms. The highest BCUT2D eigenvalue weighted by Crippen LogP contribution is 2.31. The third kappa shape index (κ3) is 2.24. The maximum Gasteiger partial charge on any atom is 0.253 e. The van der Waals surface area contributed by atoms with Gasteiger partial charge in [0.2, 0.25) is 0 Å². The monoisotopic (exact) mass is 235 g/mol. The number of aryl methyl sites for hydroxylation is 1. The van der Waals surface area contributed by atoms with Crippen molar-refractivity contribution in [3.8, 4) is 0 Å². The minimum absolute atomic E-state index is 0.0203. The maximum absolute atomic E-state index is 12.1. The zero-order valence-corrected chi connectivity index (χ0v) is 9.86. The van der Waals surface area contributed by atoms with Gasteiger partial charge in [0.15, 0.2) is 0 Å². The summed E-state index contributed by atoms with van der Waals surface area (Å²) in [4.78, 5) is 16.1. The molecule has 2 rings (SSSR count). The average molecular weight is 235 g/mol. The van der Waals surface area contributed by atoms with Crippen molar-refractivity contribution in [3.05, 3.63) is 23.5 Å². The molecule has 0 aliphatic heterocycles. The Balaban J connectivity index is 2.17. The van der Waals surface area contributed by atoms with Gasteiger partial charge in [-0.3, -0.25) is 9.78 Å². The van der Waals surface area contributed by atoms with E-state index in [9.17, 15) is 9.90 Å². The normalized spacial score (nSPS) is 17.3. The molecule has 0 aromatic carbocycles. The number of aliphatic hydroxyl groups is 1. The lowest BCUT2D eigenvalue weighted by Gasteiger charge is -2.41. The molecule has 1 amide bonds. The van der Waals surface area contributed by atoms with Gasteiger partial charge in [0.1, 0.15) is 0 Å². The van der Waals surface area contributed by atoms with E-state index in [0.29, 0.717) is 16.9 Å². The van der Waals surface area contributed by atoms with Gasteiger partial charge in [0.05, 0.1) is 35.3 Å². The summed E-state index contributed by atoms with van der Waals surface area (Å²) >= 11 is 0. The first kappa shape index (κ1) is 11.9. The van der Waals surface area contributed by atoms with Crippen LogP contribution in [0.1, 0.15) is 35.3 Å². The van der Waals surface area contributed by atoms with Gasteiger partial charge in [-0.05, 0) is 32.3 Å². The van der Waals surface area contributed by atoms with Gasteiger partial charge in [-0.2, -0.15) is 0 Å². The van der Waals surface area contributed by atoms with Crippen molar-refractivity contribution < 1.29 is 9.90 Å². The molecule has 0 spiro atoms. The van der Waals surface area contributed by atoms with Crippen LogP contribution >= 0.6 is 0 Å². The van der Waals surface area contributed by atoms with Gasteiger partial charge in [-0.1, -0.05) is 0 Å². The summed E-state index contributed by atoms with van der Waals surface area (Å²) in [6.07, 6.45) is 4.21. The lowest BCUT2D eigenvalue weighted by atomic mass is 9.77. The van der Waals surface area contributed by atoms with Crippen molar-refractivity contribution in [1.82, 2.24) is 10.3 Å². The third-order valence-corrected chi connectivity index (χ3v) is 3.34. The Kier molecular flexibility index (Phi) is 3.02. The minimum Gasteiger partial charge on any atom is -0.397 e. The van der Waals surface area contributed by atoms with Crippen LogP contribution < -0.4 is 11.1 Å². The SMILES string of the molecule is Cc1ncc(N)cc1C(=O)NC1(CO)CCC1. The molecule has 1 aromatic heterocycles. The van der Waals surface area contributed by atoms with Crippen molar-refractivity contribution >= 4 is 11.6 Å². The van der Waals surface area contributed by atoms with E-state index in [1.165, 1.54) is 6.20 Å². The van der Waals surface area contributed by atoms with Gasteiger partial charge in [0, 0.05) is 0 Å². The van der Waals surface area contributed by atoms with Gasteiger partial charge >= 0.3 is 0 Å². The number of nitrogen functional groups attached to an aromatic ring is 1. The number of aromatic nitrogens is 1. The van der Waals surface area contributed by atoms with Crippen molar-refractivity contribution in [3.63, 3.8) is 0 Å². The van der Waals surface area contributed by atoms with E-state index in [0.717, 1.165) is 19.3 Å².